The monoisotopic (exact) mass is 331 g/mol. The van der Waals surface area contributed by atoms with Crippen LogP contribution in [-0.4, -0.2) is 20.9 Å². The molecule has 0 unspecified atom stereocenters. The van der Waals surface area contributed by atoms with Gasteiger partial charge < -0.3 is 10.2 Å². The molecule has 0 saturated heterocycles. The number of carbonyl (C=O) groups is 1. The fourth-order valence-electron chi connectivity index (χ4n) is 2.89. The summed E-state index contributed by atoms with van der Waals surface area (Å²) < 4.78 is 0. The summed E-state index contributed by atoms with van der Waals surface area (Å²) in [5, 5.41) is 2.88. The van der Waals surface area contributed by atoms with Crippen LogP contribution in [-0.2, 0) is 13.1 Å². The lowest BCUT2D eigenvalue weighted by molar-refractivity contribution is 0.102. The zero-order valence-electron chi connectivity index (χ0n) is 13.8. The molecule has 0 atom stereocenters. The number of aryl methyl sites for hydroxylation is 1. The molecule has 0 aliphatic carbocycles. The quantitative estimate of drug-likeness (QED) is 0.799. The van der Waals surface area contributed by atoms with E-state index in [9.17, 15) is 4.79 Å². The third-order valence-corrected chi connectivity index (χ3v) is 4.22. The Balaban J connectivity index is 1.45. The first-order valence-corrected chi connectivity index (χ1v) is 8.06. The van der Waals surface area contributed by atoms with E-state index in [-0.39, 0.29) is 5.91 Å². The standard InChI is InChI=1S/C19H17N5O/c1-13-6-7-21-17(8-13)19(25)23-15-2-4-16(5-3-15)24-10-14-9-20-12-22-18(14)11-24/h2-9,12H,10-11H2,1H3,(H,23,25). The van der Waals surface area contributed by atoms with Crippen LogP contribution >= 0.6 is 0 Å². The average molecular weight is 331 g/mol. The van der Waals surface area contributed by atoms with Crippen molar-refractivity contribution in [3.63, 3.8) is 0 Å². The Morgan fingerprint density at radius 1 is 1.12 bits per heavy atom. The van der Waals surface area contributed by atoms with Gasteiger partial charge in [0.15, 0.2) is 0 Å². The fraction of sp³-hybridized carbons (Fsp3) is 0.158. The van der Waals surface area contributed by atoms with Crippen LogP contribution in [0.15, 0.2) is 55.1 Å². The van der Waals surface area contributed by atoms with Gasteiger partial charge in [-0.3, -0.25) is 9.78 Å². The SMILES string of the molecule is Cc1ccnc(C(=O)Nc2ccc(N3Cc4cncnc4C3)cc2)c1. The van der Waals surface area contributed by atoms with Gasteiger partial charge in [-0.05, 0) is 48.9 Å². The van der Waals surface area contributed by atoms with E-state index in [1.54, 1.807) is 18.6 Å². The van der Waals surface area contributed by atoms with Crippen LogP contribution < -0.4 is 10.2 Å². The van der Waals surface area contributed by atoms with Crippen molar-refractivity contribution in [1.29, 1.82) is 0 Å². The minimum absolute atomic E-state index is 0.208. The van der Waals surface area contributed by atoms with Crippen LogP contribution in [0.3, 0.4) is 0 Å². The number of hydrogen-bond acceptors (Lipinski definition) is 5. The zero-order chi connectivity index (χ0) is 17.2. The molecule has 124 valence electrons. The first-order valence-electron chi connectivity index (χ1n) is 8.06. The van der Waals surface area contributed by atoms with Crippen LogP contribution in [0.25, 0.3) is 0 Å². The first-order chi connectivity index (χ1) is 12.2. The molecule has 1 amide bonds. The molecule has 25 heavy (non-hydrogen) atoms. The topological polar surface area (TPSA) is 71.0 Å². The maximum Gasteiger partial charge on any atom is 0.274 e. The van der Waals surface area contributed by atoms with Gasteiger partial charge in [0.2, 0.25) is 0 Å². The fourth-order valence-corrected chi connectivity index (χ4v) is 2.89. The van der Waals surface area contributed by atoms with Crippen LogP contribution in [0, 0.1) is 6.92 Å². The number of amides is 1. The molecule has 1 aliphatic rings. The highest BCUT2D eigenvalue weighted by Gasteiger charge is 2.20. The second-order valence-electron chi connectivity index (χ2n) is 6.07. The smallest absolute Gasteiger partial charge is 0.274 e. The Hall–Kier alpha value is -3.28. The van der Waals surface area contributed by atoms with Gasteiger partial charge in [0, 0.05) is 35.9 Å². The summed E-state index contributed by atoms with van der Waals surface area (Å²) in [6.07, 6.45) is 5.09. The third-order valence-electron chi connectivity index (χ3n) is 4.22. The predicted octanol–water partition coefficient (Wildman–Crippen LogP) is 2.95. The van der Waals surface area contributed by atoms with Crippen molar-refractivity contribution in [2.45, 2.75) is 20.0 Å². The van der Waals surface area contributed by atoms with Crippen molar-refractivity contribution < 1.29 is 4.79 Å². The van der Waals surface area contributed by atoms with E-state index in [0.717, 1.165) is 41.3 Å². The normalized spacial score (nSPS) is 12.8. The number of anilines is 2. The summed E-state index contributed by atoms with van der Waals surface area (Å²) in [6.45, 7) is 3.51. The molecular formula is C19H17N5O. The Kier molecular flexibility index (Phi) is 3.85. The van der Waals surface area contributed by atoms with Gasteiger partial charge in [0.1, 0.15) is 12.0 Å². The van der Waals surface area contributed by atoms with Crippen LogP contribution in [0.1, 0.15) is 27.3 Å². The molecule has 0 fully saturated rings. The number of pyridine rings is 1. The summed E-state index contributed by atoms with van der Waals surface area (Å²) in [7, 11) is 0. The van der Waals surface area contributed by atoms with E-state index in [4.69, 9.17) is 0 Å². The van der Waals surface area contributed by atoms with E-state index < -0.39 is 0 Å². The highest BCUT2D eigenvalue weighted by atomic mass is 16.1. The number of fused-ring (bicyclic) bond motifs is 1. The van der Waals surface area contributed by atoms with E-state index in [0.29, 0.717) is 5.69 Å². The lowest BCUT2D eigenvalue weighted by Crippen LogP contribution is -2.15. The molecule has 0 bridgehead atoms. The zero-order valence-corrected chi connectivity index (χ0v) is 13.8. The predicted molar refractivity (Wildman–Crippen MR) is 95.3 cm³/mol. The summed E-state index contributed by atoms with van der Waals surface area (Å²) in [5.41, 5.74) is 5.48. The molecule has 0 saturated carbocycles. The molecule has 3 heterocycles. The van der Waals surface area contributed by atoms with Gasteiger partial charge in [-0.25, -0.2) is 9.97 Å². The van der Waals surface area contributed by atoms with Crippen molar-refractivity contribution in [1.82, 2.24) is 15.0 Å². The van der Waals surface area contributed by atoms with Crippen LogP contribution in [0.5, 0.6) is 0 Å². The van der Waals surface area contributed by atoms with Crippen molar-refractivity contribution in [2.75, 3.05) is 10.2 Å². The number of carbonyl (C=O) groups excluding carboxylic acids is 1. The summed E-state index contributed by atoms with van der Waals surface area (Å²) >= 11 is 0. The number of nitrogens with zero attached hydrogens (tertiary/aromatic N) is 4. The Morgan fingerprint density at radius 2 is 1.96 bits per heavy atom. The number of aromatic nitrogens is 3. The van der Waals surface area contributed by atoms with Crippen molar-refractivity contribution in [3.05, 3.63) is 77.6 Å². The van der Waals surface area contributed by atoms with E-state index in [1.807, 2.05) is 43.5 Å². The Labute approximate surface area is 145 Å². The van der Waals surface area contributed by atoms with Crippen LogP contribution in [0.2, 0.25) is 0 Å². The largest absolute Gasteiger partial charge is 0.361 e. The molecule has 2 aromatic heterocycles. The van der Waals surface area contributed by atoms with E-state index >= 15 is 0 Å². The maximum atomic E-state index is 12.3. The molecule has 0 radical (unpaired) electrons. The van der Waals surface area contributed by atoms with Gasteiger partial charge >= 0.3 is 0 Å². The second kappa shape index (κ2) is 6.32. The van der Waals surface area contributed by atoms with Gasteiger partial charge in [-0.15, -0.1) is 0 Å². The number of hydrogen-bond donors (Lipinski definition) is 1. The van der Waals surface area contributed by atoms with Gasteiger partial charge in [-0.2, -0.15) is 0 Å². The summed E-state index contributed by atoms with van der Waals surface area (Å²) in [5.74, 6) is -0.208. The minimum Gasteiger partial charge on any atom is -0.361 e. The number of benzene rings is 1. The van der Waals surface area contributed by atoms with Gasteiger partial charge in [0.25, 0.3) is 5.91 Å². The first kappa shape index (κ1) is 15.3. The lowest BCUT2D eigenvalue weighted by atomic mass is 10.2. The molecule has 1 aromatic carbocycles. The van der Waals surface area contributed by atoms with E-state index in [2.05, 4.69) is 25.2 Å². The number of nitrogens with one attached hydrogen (secondary N) is 1. The highest BCUT2D eigenvalue weighted by molar-refractivity contribution is 6.03. The lowest BCUT2D eigenvalue weighted by Gasteiger charge is -2.17. The van der Waals surface area contributed by atoms with Gasteiger partial charge in [0.05, 0.1) is 12.2 Å². The third kappa shape index (κ3) is 3.19. The maximum absolute atomic E-state index is 12.3. The van der Waals surface area contributed by atoms with Crippen LogP contribution in [0.4, 0.5) is 11.4 Å². The Bertz CT molecular complexity index is 898. The summed E-state index contributed by atoms with van der Waals surface area (Å²) in [6, 6.07) is 11.4. The van der Waals surface area contributed by atoms with E-state index in [1.165, 1.54) is 0 Å². The minimum atomic E-state index is -0.208. The summed E-state index contributed by atoms with van der Waals surface area (Å²) in [4.78, 5) is 27.0. The molecule has 6 heteroatoms. The van der Waals surface area contributed by atoms with Crippen molar-refractivity contribution in [2.24, 2.45) is 0 Å². The molecule has 1 N–H and O–H groups in total. The molecule has 6 nitrogen and oxygen atoms in total. The molecule has 3 aromatic rings. The molecule has 1 aliphatic heterocycles. The molecular weight excluding hydrogens is 314 g/mol. The molecule has 4 rings (SSSR count). The second-order valence-corrected chi connectivity index (χ2v) is 6.07. The van der Waals surface area contributed by atoms with Crippen molar-refractivity contribution in [3.8, 4) is 0 Å². The van der Waals surface area contributed by atoms with Crippen molar-refractivity contribution >= 4 is 17.3 Å². The van der Waals surface area contributed by atoms with Gasteiger partial charge in [-0.1, -0.05) is 0 Å². The Morgan fingerprint density at radius 3 is 2.72 bits per heavy atom. The number of rotatable bonds is 3. The molecule has 0 spiro atoms. The average Bonchev–Trinajstić information content (AvgIpc) is 3.06. The highest BCUT2D eigenvalue weighted by Crippen LogP contribution is 2.27.